The minimum Gasteiger partial charge on any atom is -0.481 e. The van der Waals surface area contributed by atoms with E-state index in [2.05, 4.69) is 30.3 Å². The number of benzene rings is 5. The van der Waals surface area contributed by atoms with Gasteiger partial charge in [0.2, 0.25) is 5.91 Å². The van der Waals surface area contributed by atoms with E-state index < -0.39 is 11.9 Å². The lowest BCUT2D eigenvalue weighted by Gasteiger charge is -2.12. The summed E-state index contributed by atoms with van der Waals surface area (Å²) in [6.07, 6.45) is 4.63. The maximum absolute atomic E-state index is 12.0. The Morgan fingerprint density at radius 1 is 0.671 bits per heavy atom. The van der Waals surface area contributed by atoms with Crippen LogP contribution in [0.5, 0.6) is 0 Å². The highest BCUT2D eigenvalue weighted by molar-refractivity contribution is 6.17. The largest absolute Gasteiger partial charge is 0.481 e. The Hall–Kier alpha value is -8.86. The number of carboxylic acid groups (broad SMARTS) is 2. The van der Waals surface area contributed by atoms with Crippen molar-refractivity contribution in [2.24, 2.45) is 11.8 Å². The van der Waals surface area contributed by atoms with Crippen molar-refractivity contribution in [1.29, 1.82) is 0 Å². The second-order valence-electron chi connectivity index (χ2n) is 17.6. The molecule has 0 saturated heterocycles. The highest BCUT2D eigenvalue weighted by atomic mass is 35.5. The fourth-order valence-electron chi connectivity index (χ4n) is 8.19. The van der Waals surface area contributed by atoms with Crippen LogP contribution in [0.4, 0.5) is 28.4 Å². The predicted molar refractivity (Wildman–Crippen MR) is 307 cm³/mol. The summed E-state index contributed by atoms with van der Waals surface area (Å²) in [5.41, 5.74) is 16.3. The number of hydrogen-bond acceptors (Lipinski definition) is 4. The van der Waals surface area contributed by atoms with Crippen LogP contribution in [0.2, 0.25) is 0 Å². The third-order valence-corrected chi connectivity index (χ3v) is 12.6. The number of carbonyl (C=O) groups is 4. The van der Waals surface area contributed by atoms with Gasteiger partial charge in [0, 0.05) is 31.5 Å². The SMILES string of the molecule is C.CC.[C-]#[N+]c1ccc(CC(C)C(=O)O)cc1.[C-]#[N+]c1ccc(CCl)cc1.[C-]#[N+]c1ccc2c(c1)C(=O)C(C)C2.[C-]#[N+]c1ccc2c(c1)C(CC(=O)N(C)C)=C(C)/C2=C/C.[C-]#[N+]c1ccc2c(c1)C(CC(=O)O)=C(C)C2. The molecular formula is C63H65ClN6O6. The summed E-state index contributed by atoms with van der Waals surface area (Å²) in [6, 6.07) is 30.8. The molecule has 0 aliphatic heterocycles. The highest BCUT2D eigenvalue weighted by Gasteiger charge is 2.27. The highest BCUT2D eigenvalue weighted by Crippen LogP contribution is 2.44. The number of alkyl halides is 1. The van der Waals surface area contributed by atoms with E-state index in [9.17, 15) is 19.2 Å². The molecule has 0 aromatic heterocycles. The van der Waals surface area contributed by atoms with Crippen LogP contribution < -0.4 is 0 Å². The van der Waals surface area contributed by atoms with E-state index in [1.807, 2.05) is 84.0 Å². The second kappa shape index (κ2) is 31.0. The molecule has 13 heteroatoms. The lowest BCUT2D eigenvalue weighted by Crippen LogP contribution is -2.21. The molecule has 0 radical (unpaired) electrons. The summed E-state index contributed by atoms with van der Waals surface area (Å²) < 4.78 is 0. The van der Waals surface area contributed by atoms with Gasteiger partial charge in [0.25, 0.3) is 0 Å². The average molecular weight is 1040 g/mol. The zero-order valence-corrected chi connectivity index (χ0v) is 44.6. The maximum Gasteiger partial charge on any atom is 0.307 e. The van der Waals surface area contributed by atoms with Crippen LogP contribution in [-0.2, 0) is 39.5 Å². The number of rotatable bonds is 8. The number of halogens is 1. The summed E-state index contributed by atoms with van der Waals surface area (Å²) in [6.45, 7) is 48.0. The molecule has 5 aromatic rings. The van der Waals surface area contributed by atoms with E-state index in [1.165, 1.54) is 0 Å². The third kappa shape index (κ3) is 17.4. The monoisotopic (exact) mass is 1040 g/mol. The van der Waals surface area contributed by atoms with Crippen molar-refractivity contribution in [2.45, 2.75) is 93.9 Å². The molecule has 0 saturated carbocycles. The van der Waals surface area contributed by atoms with Crippen molar-refractivity contribution in [2.75, 3.05) is 14.1 Å². The summed E-state index contributed by atoms with van der Waals surface area (Å²) in [7, 11) is 3.53. The summed E-state index contributed by atoms with van der Waals surface area (Å²) in [4.78, 5) is 63.2. The average Bonchev–Trinajstić information content (AvgIpc) is 4.00. The number of amides is 1. The van der Waals surface area contributed by atoms with Gasteiger partial charge in [-0.05, 0) is 119 Å². The van der Waals surface area contributed by atoms with Gasteiger partial charge in [-0.1, -0.05) is 132 Å². The minimum absolute atomic E-state index is 0. The van der Waals surface area contributed by atoms with Crippen molar-refractivity contribution in [1.82, 2.24) is 4.90 Å². The lowest BCUT2D eigenvalue weighted by atomic mass is 10.0. The Balaban J connectivity index is 0.000000326. The number of fused-ring (bicyclic) bond motifs is 3. The number of Topliss-reactive ketones (excluding diaryl/α,β-unsaturated/α-hetero) is 1. The molecule has 2 unspecified atom stereocenters. The van der Waals surface area contributed by atoms with Crippen molar-refractivity contribution in [3.8, 4) is 0 Å². The summed E-state index contributed by atoms with van der Waals surface area (Å²) >= 11 is 5.54. The molecule has 3 aliphatic rings. The molecule has 76 heavy (non-hydrogen) atoms. The molecule has 5 aromatic carbocycles. The van der Waals surface area contributed by atoms with Crippen LogP contribution in [0.15, 0.2) is 120 Å². The topological polar surface area (TPSA) is 134 Å². The number of ketones is 1. The molecule has 3 aliphatic carbocycles. The van der Waals surface area contributed by atoms with E-state index >= 15 is 0 Å². The number of allylic oxidation sites excluding steroid dienone is 4. The number of aliphatic carboxylic acids is 2. The molecule has 0 heterocycles. The molecule has 2 N–H and O–H groups in total. The first kappa shape index (κ1) is 63.3. The molecular weight excluding hydrogens is 972 g/mol. The quantitative estimate of drug-likeness (QED) is 0.117. The van der Waals surface area contributed by atoms with Gasteiger partial charge in [-0.2, -0.15) is 0 Å². The smallest absolute Gasteiger partial charge is 0.307 e. The molecule has 12 nitrogen and oxygen atoms in total. The summed E-state index contributed by atoms with van der Waals surface area (Å²) in [5, 5.41) is 17.5. The first-order valence-electron chi connectivity index (χ1n) is 24.1. The Kier molecular flexibility index (Phi) is 25.8. The Morgan fingerprint density at radius 3 is 1.59 bits per heavy atom. The maximum atomic E-state index is 12.0. The van der Waals surface area contributed by atoms with E-state index in [-0.39, 0.29) is 37.4 Å². The lowest BCUT2D eigenvalue weighted by molar-refractivity contribution is -0.141. The fourth-order valence-corrected chi connectivity index (χ4v) is 8.37. The van der Waals surface area contributed by atoms with Gasteiger partial charge in [0.1, 0.15) is 0 Å². The van der Waals surface area contributed by atoms with Crippen molar-refractivity contribution in [3.63, 3.8) is 0 Å². The van der Waals surface area contributed by atoms with Crippen LogP contribution >= 0.6 is 11.6 Å². The second-order valence-corrected chi connectivity index (χ2v) is 17.9. The van der Waals surface area contributed by atoms with Crippen LogP contribution in [0.25, 0.3) is 40.9 Å². The fraction of sp³-hybridized carbons (Fsp3) is 0.286. The Bertz CT molecular complexity index is 3220. The van der Waals surface area contributed by atoms with Crippen molar-refractivity contribution >= 4 is 80.4 Å². The van der Waals surface area contributed by atoms with Crippen molar-refractivity contribution < 1.29 is 29.4 Å². The first-order valence-corrected chi connectivity index (χ1v) is 24.6. The minimum atomic E-state index is -0.824. The predicted octanol–water partition coefficient (Wildman–Crippen LogP) is 16.7. The van der Waals surface area contributed by atoms with Crippen molar-refractivity contribution in [3.05, 3.63) is 222 Å². The van der Waals surface area contributed by atoms with Gasteiger partial charge in [-0.3, -0.25) is 19.2 Å². The van der Waals surface area contributed by atoms with Gasteiger partial charge in [-0.25, -0.2) is 24.2 Å². The molecule has 390 valence electrons. The third-order valence-electron chi connectivity index (χ3n) is 12.3. The van der Waals surface area contributed by atoms with Gasteiger partial charge < -0.3 is 15.1 Å². The Morgan fingerprint density at radius 2 is 1.13 bits per heavy atom. The number of nitrogens with zero attached hydrogens (tertiary/aromatic N) is 6. The van der Waals surface area contributed by atoms with E-state index in [0.29, 0.717) is 47.2 Å². The molecule has 0 fully saturated rings. The van der Waals surface area contributed by atoms with E-state index in [0.717, 1.165) is 85.2 Å². The van der Waals surface area contributed by atoms with Crippen LogP contribution in [0.1, 0.15) is 118 Å². The number of hydrogen-bond donors (Lipinski definition) is 2. The van der Waals surface area contributed by atoms with Crippen LogP contribution in [0, 0.1) is 44.7 Å². The normalized spacial score (nSPS) is 13.6. The molecule has 8 rings (SSSR count). The molecule has 2 atom stereocenters. The van der Waals surface area contributed by atoms with Crippen LogP contribution in [0.3, 0.4) is 0 Å². The molecule has 0 spiro atoms. The zero-order chi connectivity index (χ0) is 55.9. The zero-order valence-electron chi connectivity index (χ0n) is 43.9. The van der Waals surface area contributed by atoms with Gasteiger partial charge in [0.15, 0.2) is 34.2 Å². The number of carboxylic acids is 2. The molecule has 0 bridgehead atoms. The van der Waals surface area contributed by atoms with Gasteiger partial charge in [0.05, 0.1) is 51.6 Å². The van der Waals surface area contributed by atoms with E-state index in [4.69, 9.17) is 54.7 Å². The van der Waals surface area contributed by atoms with E-state index in [1.54, 1.807) is 86.6 Å². The first-order chi connectivity index (χ1) is 35.8. The Labute approximate surface area is 454 Å². The van der Waals surface area contributed by atoms with Crippen LogP contribution in [-0.4, -0.2) is 52.8 Å². The summed E-state index contributed by atoms with van der Waals surface area (Å²) in [5.74, 6) is -1.13. The molecule has 1 amide bonds. The van der Waals surface area contributed by atoms with Gasteiger partial charge in [-0.15, -0.1) is 11.6 Å². The van der Waals surface area contributed by atoms with Gasteiger partial charge >= 0.3 is 11.9 Å². The standard InChI is InChI=1S/C17H18N2O.C13H11NO2.C11H11NO2.C11H9NO.C8H6ClN.C2H6.CH4/c1-6-13-11(2)15(10-17(20)19(4)5)16-9-12(18-3)7-8-14(13)16;1-8-5-9-3-4-10(14-2)6-12(9)11(8)7-13(15)16;1-8(11(13)14)7-9-3-5-10(12-2)6-4-9;1-7-5-8-3-4-9(12-2)6-10(8)11(7)13;1-10-8-4-2-7(6-9)3-5-8;1-2;/h6-9H,10H2,1-2,4-5H3;3-4,6H,5,7H2,1H3,(H,15,16);3-6,8H,7H2,1H3,(H,13,14);3-4,6-7H,5H2,1H3;2-5H,6H2;1-2H3;1H4/b13-6-;;;;;;. The number of carbonyl (C=O) groups excluding carboxylic acids is 2.